The van der Waals surface area contributed by atoms with Crippen molar-refractivity contribution in [2.75, 3.05) is 12.4 Å². The van der Waals surface area contributed by atoms with E-state index in [1.807, 2.05) is 0 Å². The summed E-state index contributed by atoms with van der Waals surface area (Å²) in [6, 6.07) is 4.91. The van der Waals surface area contributed by atoms with Gasteiger partial charge in [-0.1, -0.05) is 11.6 Å². The van der Waals surface area contributed by atoms with E-state index in [1.165, 1.54) is 7.11 Å². The van der Waals surface area contributed by atoms with Crippen LogP contribution in [0.2, 0.25) is 5.02 Å². The van der Waals surface area contributed by atoms with Crippen molar-refractivity contribution in [1.82, 2.24) is 5.43 Å². The molecule has 2 rings (SSSR count). The molecular weight excluding hydrogens is 270 g/mol. The van der Waals surface area contributed by atoms with E-state index in [9.17, 15) is 9.59 Å². The maximum atomic E-state index is 11.9. The SMILES string of the molecule is COc1ccc(NC(=O)C2=NNC(=O)CC2)cc1Cl. The van der Waals surface area contributed by atoms with Gasteiger partial charge in [-0.05, 0) is 18.2 Å². The molecule has 1 aromatic rings. The number of benzene rings is 1. The number of carbonyl (C=O) groups is 2. The summed E-state index contributed by atoms with van der Waals surface area (Å²) in [5, 5.41) is 6.77. The Labute approximate surface area is 114 Å². The lowest BCUT2D eigenvalue weighted by Crippen LogP contribution is -2.32. The van der Waals surface area contributed by atoms with Crippen molar-refractivity contribution in [2.45, 2.75) is 12.8 Å². The fourth-order valence-electron chi connectivity index (χ4n) is 1.59. The van der Waals surface area contributed by atoms with Crippen LogP contribution in [0, 0.1) is 0 Å². The fraction of sp³-hybridized carbons (Fsp3) is 0.250. The lowest BCUT2D eigenvalue weighted by molar-refractivity contribution is -0.121. The quantitative estimate of drug-likeness (QED) is 0.882. The maximum absolute atomic E-state index is 11.9. The molecule has 0 bridgehead atoms. The summed E-state index contributed by atoms with van der Waals surface area (Å²) in [4.78, 5) is 22.8. The third-order valence-electron chi connectivity index (χ3n) is 2.58. The molecule has 0 radical (unpaired) electrons. The number of methoxy groups -OCH3 is 1. The standard InChI is InChI=1S/C12H12ClN3O3/c1-19-10-4-2-7(6-8(10)13)14-12(18)9-3-5-11(17)16-15-9/h2,4,6H,3,5H2,1H3,(H,14,18)(H,16,17). The van der Waals surface area contributed by atoms with Gasteiger partial charge < -0.3 is 10.1 Å². The number of halogens is 1. The Morgan fingerprint density at radius 3 is 2.84 bits per heavy atom. The minimum atomic E-state index is -0.360. The van der Waals surface area contributed by atoms with E-state index in [4.69, 9.17) is 16.3 Å². The average molecular weight is 282 g/mol. The highest BCUT2D eigenvalue weighted by Gasteiger charge is 2.18. The molecule has 1 aromatic carbocycles. The van der Waals surface area contributed by atoms with Gasteiger partial charge in [-0.3, -0.25) is 9.59 Å². The lowest BCUT2D eigenvalue weighted by atomic mass is 10.1. The first-order valence-electron chi connectivity index (χ1n) is 5.60. The number of hydrazone groups is 1. The third-order valence-corrected chi connectivity index (χ3v) is 2.87. The van der Waals surface area contributed by atoms with Crippen molar-refractivity contribution in [1.29, 1.82) is 0 Å². The zero-order valence-electron chi connectivity index (χ0n) is 10.2. The summed E-state index contributed by atoms with van der Waals surface area (Å²) in [7, 11) is 1.51. The summed E-state index contributed by atoms with van der Waals surface area (Å²) >= 11 is 5.95. The number of carbonyl (C=O) groups excluding carboxylic acids is 2. The van der Waals surface area contributed by atoms with Gasteiger partial charge in [0.05, 0.1) is 12.1 Å². The maximum Gasteiger partial charge on any atom is 0.271 e. The highest BCUT2D eigenvalue weighted by Crippen LogP contribution is 2.27. The molecule has 0 fully saturated rings. The molecule has 1 heterocycles. The summed E-state index contributed by atoms with van der Waals surface area (Å²) in [5.74, 6) is -0.0211. The second-order valence-electron chi connectivity index (χ2n) is 3.90. The Balaban J connectivity index is 2.07. The highest BCUT2D eigenvalue weighted by atomic mass is 35.5. The Morgan fingerprint density at radius 1 is 1.47 bits per heavy atom. The molecule has 100 valence electrons. The van der Waals surface area contributed by atoms with Crippen LogP contribution < -0.4 is 15.5 Å². The van der Waals surface area contributed by atoms with Crippen LogP contribution in [0.4, 0.5) is 5.69 Å². The largest absolute Gasteiger partial charge is 0.495 e. The first-order chi connectivity index (χ1) is 9.10. The molecule has 7 heteroatoms. The van der Waals surface area contributed by atoms with Gasteiger partial charge in [0, 0.05) is 18.5 Å². The molecule has 0 aliphatic carbocycles. The number of nitrogens with one attached hydrogen (secondary N) is 2. The predicted molar refractivity (Wildman–Crippen MR) is 71.4 cm³/mol. The third kappa shape index (κ3) is 3.23. The lowest BCUT2D eigenvalue weighted by Gasteiger charge is -2.12. The van der Waals surface area contributed by atoms with Crippen LogP contribution in [0.25, 0.3) is 0 Å². The molecule has 0 spiro atoms. The Hall–Kier alpha value is -2.08. The monoisotopic (exact) mass is 281 g/mol. The van der Waals surface area contributed by atoms with E-state index in [2.05, 4.69) is 15.8 Å². The molecule has 0 atom stereocenters. The van der Waals surface area contributed by atoms with Crippen LogP contribution in [0.1, 0.15) is 12.8 Å². The molecule has 2 amide bonds. The molecular formula is C12H12ClN3O3. The first kappa shape index (κ1) is 13.4. The van der Waals surface area contributed by atoms with E-state index in [1.54, 1.807) is 18.2 Å². The summed E-state index contributed by atoms with van der Waals surface area (Å²) in [6.45, 7) is 0. The Kier molecular flexibility index (Phi) is 4.01. The van der Waals surface area contributed by atoms with Crippen LogP contribution in [-0.4, -0.2) is 24.6 Å². The predicted octanol–water partition coefficient (Wildman–Crippen LogP) is 1.55. The topological polar surface area (TPSA) is 79.8 Å². The summed E-state index contributed by atoms with van der Waals surface area (Å²) in [6.07, 6.45) is 0.581. The summed E-state index contributed by atoms with van der Waals surface area (Å²) in [5.41, 5.74) is 3.09. The van der Waals surface area contributed by atoms with Crippen molar-refractivity contribution >= 4 is 34.8 Å². The van der Waals surface area contributed by atoms with Crippen LogP contribution >= 0.6 is 11.6 Å². The van der Waals surface area contributed by atoms with Gasteiger partial charge in [0.1, 0.15) is 11.5 Å². The number of hydrogen-bond donors (Lipinski definition) is 2. The number of rotatable bonds is 3. The first-order valence-corrected chi connectivity index (χ1v) is 5.98. The minimum Gasteiger partial charge on any atom is -0.495 e. The Morgan fingerprint density at radius 2 is 2.26 bits per heavy atom. The van der Waals surface area contributed by atoms with Gasteiger partial charge in [0.15, 0.2) is 0 Å². The number of ether oxygens (including phenoxy) is 1. The van der Waals surface area contributed by atoms with Gasteiger partial charge >= 0.3 is 0 Å². The van der Waals surface area contributed by atoms with Crippen molar-refractivity contribution < 1.29 is 14.3 Å². The minimum absolute atomic E-state index is 0.191. The molecule has 0 aromatic heterocycles. The molecule has 0 saturated heterocycles. The number of hydrogen-bond acceptors (Lipinski definition) is 4. The van der Waals surface area contributed by atoms with Gasteiger partial charge in [-0.15, -0.1) is 0 Å². The van der Waals surface area contributed by atoms with Crippen molar-refractivity contribution in [3.63, 3.8) is 0 Å². The normalized spacial score (nSPS) is 14.4. The number of amides is 2. The zero-order valence-corrected chi connectivity index (χ0v) is 11.0. The van der Waals surface area contributed by atoms with Crippen molar-refractivity contribution in [3.8, 4) is 5.75 Å². The molecule has 6 nitrogen and oxygen atoms in total. The fourth-order valence-corrected chi connectivity index (χ4v) is 1.84. The number of nitrogens with zero attached hydrogens (tertiary/aromatic N) is 1. The van der Waals surface area contributed by atoms with Crippen LogP contribution in [0.5, 0.6) is 5.75 Å². The van der Waals surface area contributed by atoms with E-state index in [-0.39, 0.29) is 23.9 Å². The summed E-state index contributed by atoms with van der Waals surface area (Å²) < 4.78 is 5.02. The molecule has 1 aliphatic rings. The van der Waals surface area contributed by atoms with Gasteiger partial charge in [-0.25, -0.2) is 5.43 Å². The molecule has 0 saturated carbocycles. The van der Waals surface area contributed by atoms with E-state index >= 15 is 0 Å². The average Bonchev–Trinajstić information content (AvgIpc) is 2.39. The smallest absolute Gasteiger partial charge is 0.271 e. The van der Waals surface area contributed by atoms with E-state index < -0.39 is 0 Å². The van der Waals surface area contributed by atoms with Crippen molar-refractivity contribution in [2.24, 2.45) is 5.10 Å². The van der Waals surface area contributed by atoms with Gasteiger partial charge in [0.25, 0.3) is 5.91 Å². The number of anilines is 1. The van der Waals surface area contributed by atoms with Crippen LogP contribution in [0.3, 0.4) is 0 Å². The highest BCUT2D eigenvalue weighted by molar-refractivity contribution is 6.43. The van der Waals surface area contributed by atoms with Crippen LogP contribution in [-0.2, 0) is 9.59 Å². The van der Waals surface area contributed by atoms with Gasteiger partial charge in [0.2, 0.25) is 5.91 Å². The Bertz CT molecular complexity index is 557. The van der Waals surface area contributed by atoms with E-state index in [0.29, 0.717) is 22.9 Å². The van der Waals surface area contributed by atoms with Gasteiger partial charge in [-0.2, -0.15) is 5.10 Å². The molecule has 1 aliphatic heterocycles. The van der Waals surface area contributed by atoms with Crippen molar-refractivity contribution in [3.05, 3.63) is 23.2 Å². The second kappa shape index (κ2) is 5.71. The molecule has 0 unspecified atom stereocenters. The second-order valence-corrected chi connectivity index (χ2v) is 4.30. The molecule has 2 N–H and O–H groups in total. The van der Waals surface area contributed by atoms with Crippen LogP contribution in [0.15, 0.2) is 23.3 Å². The zero-order chi connectivity index (χ0) is 13.8. The van der Waals surface area contributed by atoms with E-state index in [0.717, 1.165) is 0 Å². The molecule has 19 heavy (non-hydrogen) atoms.